The zero-order valence-corrected chi connectivity index (χ0v) is 14.0. The third-order valence-electron chi connectivity index (χ3n) is 2.96. The molecular formula is C15H10BrIS. The molecule has 18 heavy (non-hydrogen) atoms. The Labute approximate surface area is 132 Å². The molecule has 0 aliphatic carbocycles. The second kappa shape index (κ2) is 5.31. The molecule has 3 rings (SSSR count). The normalized spacial score (nSPS) is 12.8. The van der Waals surface area contributed by atoms with E-state index in [1.807, 2.05) is 11.3 Å². The first-order valence-electron chi connectivity index (χ1n) is 5.62. The van der Waals surface area contributed by atoms with Crippen LogP contribution >= 0.6 is 49.9 Å². The second-order valence-electron chi connectivity index (χ2n) is 4.07. The number of rotatable bonds is 2. The van der Waals surface area contributed by atoms with Gasteiger partial charge in [0.1, 0.15) is 0 Å². The smallest absolute Gasteiger partial charge is 0.0669 e. The number of hydrogen-bond donors (Lipinski definition) is 0. The molecule has 90 valence electrons. The van der Waals surface area contributed by atoms with Crippen molar-refractivity contribution in [2.75, 3.05) is 0 Å². The minimum absolute atomic E-state index is 0.266. The van der Waals surface area contributed by atoms with Crippen LogP contribution < -0.4 is 0 Å². The summed E-state index contributed by atoms with van der Waals surface area (Å²) in [7, 11) is 0. The topological polar surface area (TPSA) is 0 Å². The predicted octanol–water partition coefficient (Wildman–Crippen LogP) is 5.99. The Morgan fingerprint density at radius 1 is 0.944 bits per heavy atom. The van der Waals surface area contributed by atoms with Crippen molar-refractivity contribution in [2.45, 2.75) is 4.83 Å². The van der Waals surface area contributed by atoms with E-state index < -0.39 is 0 Å². The minimum atomic E-state index is 0.266. The summed E-state index contributed by atoms with van der Waals surface area (Å²) in [6.07, 6.45) is 0. The van der Waals surface area contributed by atoms with E-state index >= 15 is 0 Å². The summed E-state index contributed by atoms with van der Waals surface area (Å²) in [5.41, 5.74) is 2.70. The molecule has 1 aromatic heterocycles. The van der Waals surface area contributed by atoms with Crippen LogP contribution in [0.25, 0.3) is 10.1 Å². The third kappa shape index (κ3) is 2.24. The molecule has 1 unspecified atom stereocenters. The molecule has 0 aliphatic rings. The highest BCUT2D eigenvalue weighted by atomic mass is 127. The van der Waals surface area contributed by atoms with Gasteiger partial charge < -0.3 is 0 Å². The van der Waals surface area contributed by atoms with Crippen LogP contribution in [-0.2, 0) is 0 Å². The lowest BCUT2D eigenvalue weighted by molar-refractivity contribution is 1.19. The number of benzene rings is 2. The van der Waals surface area contributed by atoms with Crippen LogP contribution in [0.1, 0.15) is 16.0 Å². The molecule has 3 heteroatoms. The van der Waals surface area contributed by atoms with Crippen LogP contribution in [0.2, 0.25) is 0 Å². The maximum absolute atomic E-state index is 3.85. The monoisotopic (exact) mass is 428 g/mol. The predicted molar refractivity (Wildman–Crippen MR) is 91.8 cm³/mol. The molecule has 0 amide bonds. The van der Waals surface area contributed by atoms with E-state index in [4.69, 9.17) is 0 Å². The Bertz CT molecular complexity index is 690. The lowest BCUT2D eigenvalue weighted by Crippen LogP contribution is -1.94. The third-order valence-corrected chi connectivity index (χ3v) is 5.91. The SMILES string of the molecule is BrC(c1ccccc1I)c1csc2ccccc12. The van der Waals surface area contributed by atoms with E-state index in [1.54, 1.807) is 0 Å². The largest absolute Gasteiger partial charge is 0.143 e. The summed E-state index contributed by atoms with van der Waals surface area (Å²) in [6, 6.07) is 17.1. The van der Waals surface area contributed by atoms with Gasteiger partial charge in [0.15, 0.2) is 0 Å². The van der Waals surface area contributed by atoms with Crippen molar-refractivity contribution < 1.29 is 0 Å². The van der Waals surface area contributed by atoms with Gasteiger partial charge in [-0.15, -0.1) is 11.3 Å². The van der Waals surface area contributed by atoms with Gasteiger partial charge in [0.05, 0.1) is 4.83 Å². The Kier molecular flexibility index (Phi) is 3.73. The summed E-state index contributed by atoms with van der Waals surface area (Å²) in [5, 5.41) is 3.61. The summed E-state index contributed by atoms with van der Waals surface area (Å²) in [6.45, 7) is 0. The fraction of sp³-hybridized carbons (Fsp3) is 0.0667. The molecule has 0 nitrogen and oxygen atoms in total. The van der Waals surface area contributed by atoms with Gasteiger partial charge in [-0.1, -0.05) is 52.3 Å². The van der Waals surface area contributed by atoms with Crippen molar-refractivity contribution in [3.05, 3.63) is 68.6 Å². The highest BCUT2D eigenvalue weighted by Gasteiger charge is 2.16. The minimum Gasteiger partial charge on any atom is -0.143 e. The van der Waals surface area contributed by atoms with Crippen molar-refractivity contribution in [1.82, 2.24) is 0 Å². The maximum atomic E-state index is 3.85. The van der Waals surface area contributed by atoms with Gasteiger partial charge in [-0.2, -0.15) is 0 Å². The average molecular weight is 429 g/mol. The standard InChI is InChI=1S/C15H10BrIS/c16-15(11-6-1-3-7-13(11)17)12-9-18-14-8-4-2-5-10(12)14/h1-9,15H. The van der Waals surface area contributed by atoms with Gasteiger partial charge in [-0.3, -0.25) is 0 Å². The summed E-state index contributed by atoms with van der Waals surface area (Å²) in [5.74, 6) is 0. The van der Waals surface area contributed by atoms with Crippen LogP contribution in [0.15, 0.2) is 53.9 Å². The molecule has 0 saturated heterocycles. The Morgan fingerprint density at radius 3 is 2.50 bits per heavy atom. The Balaban J connectivity index is 2.13. The molecule has 0 radical (unpaired) electrons. The summed E-state index contributed by atoms with van der Waals surface area (Å²) in [4.78, 5) is 0.266. The average Bonchev–Trinajstić information content (AvgIpc) is 2.82. The van der Waals surface area contributed by atoms with Gasteiger partial charge in [0, 0.05) is 8.27 Å². The van der Waals surface area contributed by atoms with Crippen LogP contribution in [-0.4, -0.2) is 0 Å². The van der Waals surface area contributed by atoms with Gasteiger partial charge in [0.2, 0.25) is 0 Å². The molecule has 0 aliphatic heterocycles. The zero-order chi connectivity index (χ0) is 12.5. The number of alkyl halides is 1. The van der Waals surface area contributed by atoms with Crippen molar-refractivity contribution in [3.63, 3.8) is 0 Å². The van der Waals surface area contributed by atoms with E-state index in [2.05, 4.69) is 92.4 Å². The van der Waals surface area contributed by atoms with Crippen molar-refractivity contribution in [1.29, 1.82) is 0 Å². The molecule has 0 spiro atoms. The molecule has 0 saturated carbocycles. The van der Waals surface area contributed by atoms with Crippen LogP contribution in [0.3, 0.4) is 0 Å². The molecular weight excluding hydrogens is 419 g/mol. The Morgan fingerprint density at radius 2 is 1.67 bits per heavy atom. The molecule has 0 bridgehead atoms. The van der Waals surface area contributed by atoms with E-state index in [0.717, 1.165) is 0 Å². The summed E-state index contributed by atoms with van der Waals surface area (Å²) >= 11 is 8.06. The number of hydrogen-bond acceptors (Lipinski definition) is 1. The number of fused-ring (bicyclic) bond motifs is 1. The maximum Gasteiger partial charge on any atom is 0.0669 e. The quantitative estimate of drug-likeness (QED) is 0.347. The van der Waals surface area contributed by atoms with Crippen LogP contribution in [0.4, 0.5) is 0 Å². The van der Waals surface area contributed by atoms with E-state index in [-0.39, 0.29) is 4.83 Å². The van der Waals surface area contributed by atoms with Gasteiger partial charge in [-0.05, 0) is 56.6 Å². The molecule has 3 aromatic rings. The van der Waals surface area contributed by atoms with Crippen molar-refractivity contribution in [2.24, 2.45) is 0 Å². The van der Waals surface area contributed by atoms with E-state index in [1.165, 1.54) is 24.8 Å². The molecule has 2 aromatic carbocycles. The molecule has 0 N–H and O–H groups in total. The van der Waals surface area contributed by atoms with Crippen molar-refractivity contribution >= 4 is 59.9 Å². The van der Waals surface area contributed by atoms with Crippen LogP contribution in [0, 0.1) is 3.57 Å². The highest BCUT2D eigenvalue weighted by Crippen LogP contribution is 2.39. The first-order valence-corrected chi connectivity index (χ1v) is 8.49. The first kappa shape index (κ1) is 12.6. The molecule has 1 atom stereocenters. The van der Waals surface area contributed by atoms with E-state index in [9.17, 15) is 0 Å². The fourth-order valence-corrected chi connectivity index (χ4v) is 5.11. The summed E-state index contributed by atoms with van der Waals surface area (Å²) < 4.78 is 2.65. The zero-order valence-electron chi connectivity index (χ0n) is 9.44. The van der Waals surface area contributed by atoms with E-state index in [0.29, 0.717) is 0 Å². The van der Waals surface area contributed by atoms with Crippen LogP contribution in [0.5, 0.6) is 0 Å². The second-order valence-corrected chi connectivity index (χ2v) is 7.06. The first-order chi connectivity index (χ1) is 8.77. The lowest BCUT2D eigenvalue weighted by Gasteiger charge is -2.11. The Hall–Kier alpha value is -0.390. The van der Waals surface area contributed by atoms with Gasteiger partial charge in [0.25, 0.3) is 0 Å². The fourth-order valence-electron chi connectivity index (χ4n) is 2.04. The molecule has 1 heterocycles. The van der Waals surface area contributed by atoms with Gasteiger partial charge >= 0.3 is 0 Å². The number of halogens is 2. The highest BCUT2D eigenvalue weighted by molar-refractivity contribution is 14.1. The van der Waals surface area contributed by atoms with Crippen molar-refractivity contribution in [3.8, 4) is 0 Å². The number of thiophene rings is 1. The lowest BCUT2D eigenvalue weighted by atomic mass is 10.0. The van der Waals surface area contributed by atoms with Gasteiger partial charge in [-0.25, -0.2) is 0 Å². The molecule has 0 fully saturated rings.